The lowest BCUT2D eigenvalue weighted by Crippen LogP contribution is -1.83. The number of aromatic amines is 2. The SMILES string of the molecule is c1ccc2c(c1)-c1nc-2nc2[nH]c(nc3nc(nc4[nH]c(n1)c1cnccc41)-c1ccncc1-3)c1ccncc21. The highest BCUT2D eigenvalue weighted by Crippen LogP contribution is 2.36. The third-order valence-corrected chi connectivity index (χ3v) is 7.14. The highest BCUT2D eigenvalue weighted by atomic mass is 15.1. The highest BCUT2D eigenvalue weighted by Gasteiger charge is 2.22. The summed E-state index contributed by atoms with van der Waals surface area (Å²) in [6.07, 6.45) is 10.5. The second-order valence-corrected chi connectivity index (χ2v) is 9.42. The van der Waals surface area contributed by atoms with Gasteiger partial charge in [0.05, 0.1) is 0 Å². The zero-order valence-corrected chi connectivity index (χ0v) is 20.5. The van der Waals surface area contributed by atoms with Crippen LogP contribution in [0.25, 0.3) is 89.7 Å². The van der Waals surface area contributed by atoms with Crippen molar-refractivity contribution < 1.29 is 0 Å². The van der Waals surface area contributed by atoms with Crippen LogP contribution in [0.1, 0.15) is 0 Å². The topological polar surface area (TPSA) is 148 Å². The van der Waals surface area contributed by atoms with Gasteiger partial charge in [-0.2, -0.15) is 0 Å². The van der Waals surface area contributed by atoms with Crippen LogP contribution in [0.4, 0.5) is 0 Å². The Kier molecular flexibility index (Phi) is 4.08. The number of H-pyrrole nitrogens is 2. The number of rotatable bonds is 0. The maximum Gasteiger partial charge on any atom is 0.166 e. The van der Waals surface area contributed by atoms with E-state index in [2.05, 4.69) is 24.9 Å². The summed E-state index contributed by atoms with van der Waals surface area (Å²) in [5.74, 6) is 2.12. The molecule has 6 aromatic heterocycles. The Morgan fingerprint density at radius 3 is 1.35 bits per heavy atom. The Morgan fingerprint density at radius 2 is 0.800 bits per heavy atom. The molecule has 0 fully saturated rings. The number of nitrogens with zero attached hydrogens (tertiary/aromatic N) is 9. The van der Waals surface area contributed by atoms with Crippen LogP contribution in [0.15, 0.2) is 79.6 Å². The summed E-state index contributed by atoms with van der Waals surface area (Å²) in [4.78, 5) is 49.2. The minimum Gasteiger partial charge on any atom is -0.324 e. The van der Waals surface area contributed by atoms with Crippen LogP contribution in [-0.4, -0.2) is 54.8 Å². The maximum absolute atomic E-state index is 4.95. The molecule has 0 radical (unpaired) electrons. The monoisotopic (exact) mass is 517 g/mol. The quantitative estimate of drug-likeness (QED) is 0.282. The van der Waals surface area contributed by atoms with Gasteiger partial charge in [0, 0.05) is 81.0 Å². The minimum absolute atomic E-state index is 0.502. The van der Waals surface area contributed by atoms with Crippen molar-refractivity contribution in [1.82, 2.24) is 54.8 Å². The summed E-state index contributed by atoms with van der Waals surface area (Å²) in [5.41, 5.74) is 5.81. The standard InChI is InChI=1S/C29H15N11/c1-2-4-15-14(3-1)22-33-23(15)36-28-21-13-32-10-7-18(21)26(39-28)40-29-20-12-31-9-6-17(20)25(38-29)34-24-16-5-8-30-11-19(16)27(35-22)37-24/h1-13H,(H2,33,34,35,36,37,38,39,40). The molecule has 40 heavy (non-hydrogen) atoms. The minimum atomic E-state index is 0.502. The molecule has 0 atom stereocenters. The molecule has 0 spiro atoms. The molecule has 2 aliphatic rings. The van der Waals surface area contributed by atoms with E-state index in [1.54, 1.807) is 37.2 Å². The number of benzene rings is 1. The predicted octanol–water partition coefficient (Wildman–Crippen LogP) is 5.05. The van der Waals surface area contributed by atoms with Gasteiger partial charge in [0.2, 0.25) is 0 Å². The molecule has 0 saturated carbocycles. The first-order valence-corrected chi connectivity index (χ1v) is 12.5. The number of fused-ring (bicyclic) bond motifs is 20. The molecule has 0 aliphatic carbocycles. The fourth-order valence-electron chi connectivity index (χ4n) is 5.27. The fraction of sp³-hybridized carbons (Fsp3) is 0. The van der Waals surface area contributed by atoms with Crippen molar-refractivity contribution in [3.8, 4) is 45.6 Å². The Bertz CT molecular complexity index is 2030. The molecule has 8 bridgehead atoms. The van der Waals surface area contributed by atoms with E-state index in [4.69, 9.17) is 29.9 Å². The molecule has 0 unspecified atom stereocenters. The predicted molar refractivity (Wildman–Crippen MR) is 149 cm³/mol. The van der Waals surface area contributed by atoms with Gasteiger partial charge in [0.25, 0.3) is 0 Å². The zero-order valence-electron chi connectivity index (χ0n) is 20.5. The summed E-state index contributed by atoms with van der Waals surface area (Å²) in [6, 6.07) is 13.6. The van der Waals surface area contributed by atoms with Gasteiger partial charge in [-0.15, -0.1) is 0 Å². The zero-order chi connectivity index (χ0) is 26.2. The molecule has 11 heteroatoms. The Hall–Kier alpha value is -5.97. The summed E-state index contributed by atoms with van der Waals surface area (Å²) >= 11 is 0. The van der Waals surface area contributed by atoms with Crippen molar-refractivity contribution in [3.63, 3.8) is 0 Å². The molecule has 2 N–H and O–H groups in total. The second-order valence-electron chi connectivity index (χ2n) is 9.42. The van der Waals surface area contributed by atoms with Crippen LogP contribution in [0, 0.1) is 0 Å². The summed E-state index contributed by atoms with van der Waals surface area (Å²) in [7, 11) is 0. The number of pyridine rings is 3. The Morgan fingerprint density at radius 1 is 0.375 bits per heavy atom. The van der Waals surface area contributed by atoms with Gasteiger partial charge in [0.1, 0.15) is 22.6 Å². The van der Waals surface area contributed by atoms with Crippen molar-refractivity contribution >= 4 is 44.1 Å². The van der Waals surface area contributed by atoms with Gasteiger partial charge in [-0.3, -0.25) is 15.0 Å². The van der Waals surface area contributed by atoms with Crippen LogP contribution >= 0.6 is 0 Å². The lowest BCUT2D eigenvalue weighted by Gasteiger charge is -1.96. The average Bonchev–Trinajstić information content (AvgIpc) is 3.73. The van der Waals surface area contributed by atoms with E-state index < -0.39 is 0 Å². The first kappa shape index (κ1) is 21.0. The smallest absolute Gasteiger partial charge is 0.166 e. The van der Waals surface area contributed by atoms with Crippen molar-refractivity contribution in [2.45, 2.75) is 0 Å². The summed E-state index contributed by atoms with van der Waals surface area (Å²) < 4.78 is 0. The largest absolute Gasteiger partial charge is 0.324 e. The third kappa shape index (κ3) is 2.96. The van der Waals surface area contributed by atoms with Gasteiger partial charge < -0.3 is 9.97 Å². The third-order valence-electron chi connectivity index (χ3n) is 7.14. The molecule has 7 aromatic rings. The van der Waals surface area contributed by atoms with E-state index in [0.717, 1.165) is 43.8 Å². The van der Waals surface area contributed by atoms with E-state index >= 15 is 0 Å². The first-order valence-electron chi connectivity index (χ1n) is 12.5. The lowest BCUT2D eigenvalue weighted by atomic mass is 10.1. The highest BCUT2D eigenvalue weighted by molar-refractivity contribution is 6.05. The van der Waals surface area contributed by atoms with Gasteiger partial charge in [-0.1, -0.05) is 24.3 Å². The van der Waals surface area contributed by atoms with Crippen LogP contribution < -0.4 is 0 Å². The van der Waals surface area contributed by atoms with Crippen molar-refractivity contribution in [1.29, 1.82) is 0 Å². The van der Waals surface area contributed by atoms with Crippen LogP contribution in [0.2, 0.25) is 0 Å². The van der Waals surface area contributed by atoms with E-state index in [0.29, 0.717) is 45.9 Å². The Labute approximate surface area is 224 Å². The van der Waals surface area contributed by atoms with E-state index in [9.17, 15) is 0 Å². The maximum atomic E-state index is 4.95. The number of hydrogen-bond donors (Lipinski definition) is 2. The van der Waals surface area contributed by atoms with E-state index in [1.165, 1.54) is 0 Å². The van der Waals surface area contributed by atoms with Gasteiger partial charge in [-0.25, -0.2) is 29.9 Å². The number of aromatic nitrogens is 11. The van der Waals surface area contributed by atoms with Crippen molar-refractivity contribution in [2.24, 2.45) is 0 Å². The van der Waals surface area contributed by atoms with Crippen LogP contribution in [0.3, 0.4) is 0 Å². The molecular formula is C29H15N11. The van der Waals surface area contributed by atoms with E-state index in [-0.39, 0.29) is 0 Å². The molecule has 2 aliphatic heterocycles. The van der Waals surface area contributed by atoms with Gasteiger partial charge >= 0.3 is 0 Å². The van der Waals surface area contributed by atoms with Crippen molar-refractivity contribution in [2.75, 3.05) is 0 Å². The molecule has 0 saturated heterocycles. The molecular weight excluding hydrogens is 502 g/mol. The van der Waals surface area contributed by atoms with E-state index in [1.807, 2.05) is 42.5 Å². The van der Waals surface area contributed by atoms with Crippen LogP contribution in [-0.2, 0) is 0 Å². The first-order chi connectivity index (χ1) is 19.8. The summed E-state index contributed by atoms with van der Waals surface area (Å²) in [6.45, 7) is 0. The molecule has 11 nitrogen and oxygen atoms in total. The second kappa shape index (κ2) is 7.77. The number of nitrogens with one attached hydrogen (secondary N) is 2. The molecule has 9 rings (SSSR count). The van der Waals surface area contributed by atoms with Crippen molar-refractivity contribution in [3.05, 3.63) is 79.6 Å². The molecule has 0 amide bonds. The summed E-state index contributed by atoms with van der Waals surface area (Å²) in [5, 5.41) is 3.38. The molecule has 8 heterocycles. The average molecular weight is 518 g/mol. The normalized spacial score (nSPS) is 12.0. The van der Waals surface area contributed by atoms with Crippen LogP contribution in [0.5, 0.6) is 0 Å². The van der Waals surface area contributed by atoms with Gasteiger partial charge in [-0.05, 0) is 18.2 Å². The number of hydrogen-bond acceptors (Lipinski definition) is 9. The Balaban J connectivity index is 1.51. The molecule has 186 valence electrons. The molecule has 1 aromatic carbocycles. The fourth-order valence-corrected chi connectivity index (χ4v) is 5.27. The van der Waals surface area contributed by atoms with Gasteiger partial charge in [0.15, 0.2) is 23.3 Å². The lowest BCUT2D eigenvalue weighted by molar-refractivity contribution is 1.19.